The predicted molar refractivity (Wildman–Crippen MR) is 67.6 cm³/mol. The molecule has 0 fully saturated rings. The number of hydrogen-bond donors (Lipinski definition) is 2. The second kappa shape index (κ2) is 4.97. The molecule has 0 bridgehead atoms. The Kier molecular flexibility index (Phi) is 4.10. The van der Waals surface area contributed by atoms with Gasteiger partial charge in [0.05, 0.1) is 15.7 Å². The third-order valence-electron chi connectivity index (χ3n) is 2.21. The van der Waals surface area contributed by atoms with Crippen molar-refractivity contribution >= 4 is 11.0 Å². The molecule has 2 atom stereocenters. The van der Waals surface area contributed by atoms with Gasteiger partial charge in [0.25, 0.3) is 0 Å². The van der Waals surface area contributed by atoms with Gasteiger partial charge in [-0.3, -0.25) is 0 Å². The first-order valence-electron chi connectivity index (χ1n) is 5.27. The molecule has 1 rings (SSSR count). The van der Waals surface area contributed by atoms with E-state index >= 15 is 0 Å². The number of aromatic hydroxyl groups is 1. The van der Waals surface area contributed by atoms with Crippen LogP contribution in [0.15, 0.2) is 24.3 Å². The van der Waals surface area contributed by atoms with Crippen molar-refractivity contribution < 1.29 is 9.32 Å². The molecule has 0 amide bonds. The normalized spacial score (nSPS) is 15.8. The van der Waals surface area contributed by atoms with Gasteiger partial charge in [-0.1, -0.05) is 12.1 Å². The number of phenolic OH excluding ortho intramolecular Hbond substituents is 1. The molecule has 0 aliphatic heterocycles. The van der Waals surface area contributed by atoms with E-state index < -0.39 is 11.0 Å². The van der Waals surface area contributed by atoms with Crippen molar-refractivity contribution in [3.8, 4) is 5.75 Å². The van der Waals surface area contributed by atoms with Crippen LogP contribution in [-0.4, -0.2) is 14.1 Å². The molecule has 0 saturated carbocycles. The topological polar surface area (TPSA) is 49.3 Å². The van der Waals surface area contributed by atoms with Crippen LogP contribution in [0.1, 0.15) is 39.3 Å². The SMILES string of the molecule is C[C@H](N[S@@](=O)C(C)(C)C)c1cccc(O)c1. The minimum absolute atomic E-state index is 0.0489. The van der Waals surface area contributed by atoms with Crippen molar-refractivity contribution in [2.24, 2.45) is 0 Å². The average molecular weight is 241 g/mol. The van der Waals surface area contributed by atoms with Crippen molar-refractivity contribution in [2.75, 3.05) is 0 Å². The van der Waals surface area contributed by atoms with Crippen LogP contribution in [0.5, 0.6) is 5.75 Å². The van der Waals surface area contributed by atoms with E-state index in [9.17, 15) is 9.32 Å². The fourth-order valence-corrected chi connectivity index (χ4v) is 2.01. The molecule has 3 nitrogen and oxygen atoms in total. The molecule has 2 N–H and O–H groups in total. The number of nitrogens with one attached hydrogen (secondary N) is 1. The van der Waals surface area contributed by atoms with Crippen LogP contribution in [0.2, 0.25) is 0 Å². The number of hydrogen-bond acceptors (Lipinski definition) is 2. The summed E-state index contributed by atoms with van der Waals surface area (Å²) in [6.07, 6.45) is 0. The molecule has 1 aromatic rings. The molecule has 1 aromatic carbocycles. The predicted octanol–water partition coefficient (Wildman–Crippen LogP) is 2.51. The van der Waals surface area contributed by atoms with Crippen molar-refractivity contribution in [1.29, 1.82) is 0 Å². The number of rotatable bonds is 3. The van der Waals surface area contributed by atoms with Crippen molar-refractivity contribution in [3.05, 3.63) is 29.8 Å². The molecule has 0 unspecified atom stereocenters. The van der Waals surface area contributed by atoms with Gasteiger partial charge in [0.15, 0.2) is 0 Å². The zero-order valence-corrected chi connectivity index (χ0v) is 11.0. The van der Waals surface area contributed by atoms with Gasteiger partial charge >= 0.3 is 0 Å². The Hall–Kier alpha value is -0.870. The standard InChI is InChI=1S/C12H19NO2S/c1-9(13-16(15)12(2,3)4)10-6-5-7-11(14)8-10/h5-9,13-14H,1-4H3/t9-,16-/m0/s1. The van der Waals surface area contributed by atoms with E-state index in [0.717, 1.165) is 5.56 Å². The van der Waals surface area contributed by atoms with Crippen LogP contribution in [0.4, 0.5) is 0 Å². The molecule has 90 valence electrons. The highest BCUT2D eigenvalue weighted by molar-refractivity contribution is 7.84. The Labute approximate surface area is 99.5 Å². The summed E-state index contributed by atoms with van der Waals surface area (Å²) < 4.78 is 14.6. The monoisotopic (exact) mass is 241 g/mol. The smallest absolute Gasteiger partial charge is 0.115 e. The fourth-order valence-electron chi connectivity index (χ4n) is 1.20. The fraction of sp³-hybridized carbons (Fsp3) is 0.500. The minimum atomic E-state index is -1.11. The summed E-state index contributed by atoms with van der Waals surface area (Å²) in [4.78, 5) is 0. The summed E-state index contributed by atoms with van der Waals surface area (Å²) >= 11 is 0. The van der Waals surface area contributed by atoms with Gasteiger partial charge in [-0.2, -0.15) is 0 Å². The van der Waals surface area contributed by atoms with Gasteiger partial charge in [-0.15, -0.1) is 0 Å². The summed E-state index contributed by atoms with van der Waals surface area (Å²) in [6, 6.07) is 6.93. The molecule has 4 heteroatoms. The Morgan fingerprint density at radius 3 is 2.50 bits per heavy atom. The van der Waals surface area contributed by atoms with Gasteiger partial charge in [-0.05, 0) is 45.4 Å². The lowest BCUT2D eigenvalue weighted by molar-refractivity contribution is 0.473. The second-order valence-electron chi connectivity index (χ2n) is 4.82. The molecule has 0 aromatic heterocycles. The maximum absolute atomic E-state index is 11.9. The third kappa shape index (κ3) is 3.61. The van der Waals surface area contributed by atoms with Gasteiger partial charge in [0, 0.05) is 6.04 Å². The maximum Gasteiger partial charge on any atom is 0.115 e. The Morgan fingerprint density at radius 2 is 2.00 bits per heavy atom. The van der Waals surface area contributed by atoms with Gasteiger partial charge in [-0.25, -0.2) is 8.93 Å². The van der Waals surface area contributed by atoms with Crippen molar-refractivity contribution in [2.45, 2.75) is 38.5 Å². The largest absolute Gasteiger partial charge is 0.508 e. The van der Waals surface area contributed by atoms with E-state index in [1.807, 2.05) is 33.8 Å². The van der Waals surface area contributed by atoms with E-state index in [2.05, 4.69) is 4.72 Å². The molecule has 0 aliphatic carbocycles. The Bertz CT molecular complexity index is 385. The van der Waals surface area contributed by atoms with Crippen LogP contribution in [0.3, 0.4) is 0 Å². The molecule has 0 spiro atoms. The summed E-state index contributed by atoms with van der Waals surface area (Å²) in [6.45, 7) is 7.69. The quantitative estimate of drug-likeness (QED) is 0.854. The molecule has 0 radical (unpaired) electrons. The molecular formula is C12H19NO2S. The highest BCUT2D eigenvalue weighted by Crippen LogP contribution is 2.20. The van der Waals surface area contributed by atoms with Crippen molar-refractivity contribution in [3.63, 3.8) is 0 Å². The molecule has 0 saturated heterocycles. The zero-order valence-electron chi connectivity index (χ0n) is 10.2. The van der Waals surface area contributed by atoms with E-state index in [-0.39, 0.29) is 16.5 Å². The summed E-state index contributed by atoms with van der Waals surface area (Å²) in [5, 5.41) is 9.35. The molecule has 16 heavy (non-hydrogen) atoms. The number of phenols is 1. The lowest BCUT2D eigenvalue weighted by Crippen LogP contribution is -2.34. The Morgan fingerprint density at radius 1 is 1.38 bits per heavy atom. The van der Waals surface area contributed by atoms with Crippen LogP contribution in [0.25, 0.3) is 0 Å². The first-order chi connectivity index (χ1) is 7.30. The van der Waals surface area contributed by atoms with E-state index in [4.69, 9.17) is 0 Å². The highest BCUT2D eigenvalue weighted by atomic mass is 32.2. The van der Waals surface area contributed by atoms with Crippen LogP contribution in [-0.2, 0) is 11.0 Å². The Balaban J connectivity index is 2.73. The lowest BCUT2D eigenvalue weighted by Gasteiger charge is -2.22. The van der Waals surface area contributed by atoms with Gasteiger partial charge in [0.1, 0.15) is 5.75 Å². The summed E-state index contributed by atoms with van der Waals surface area (Å²) in [5.41, 5.74) is 0.928. The summed E-state index contributed by atoms with van der Waals surface area (Å²) in [5.74, 6) is 0.229. The summed E-state index contributed by atoms with van der Waals surface area (Å²) in [7, 11) is -1.11. The number of benzene rings is 1. The maximum atomic E-state index is 11.9. The molecule has 0 aliphatic rings. The van der Waals surface area contributed by atoms with Crippen molar-refractivity contribution in [1.82, 2.24) is 4.72 Å². The molecular weight excluding hydrogens is 222 g/mol. The van der Waals surface area contributed by atoms with Crippen LogP contribution < -0.4 is 4.72 Å². The van der Waals surface area contributed by atoms with Crippen LogP contribution >= 0.6 is 0 Å². The first-order valence-corrected chi connectivity index (χ1v) is 6.42. The van der Waals surface area contributed by atoms with E-state index in [0.29, 0.717) is 0 Å². The minimum Gasteiger partial charge on any atom is -0.508 e. The highest BCUT2D eigenvalue weighted by Gasteiger charge is 2.21. The third-order valence-corrected chi connectivity index (χ3v) is 3.89. The van der Waals surface area contributed by atoms with E-state index in [1.165, 1.54) is 0 Å². The van der Waals surface area contributed by atoms with Gasteiger partial charge in [0.2, 0.25) is 0 Å². The van der Waals surface area contributed by atoms with E-state index in [1.54, 1.807) is 18.2 Å². The molecule has 0 heterocycles. The second-order valence-corrected chi connectivity index (χ2v) is 6.81. The van der Waals surface area contributed by atoms with Gasteiger partial charge < -0.3 is 5.11 Å². The first kappa shape index (κ1) is 13.2. The average Bonchev–Trinajstić information content (AvgIpc) is 2.16. The van der Waals surface area contributed by atoms with Crippen LogP contribution in [0, 0.1) is 0 Å². The zero-order chi connectivity index (χ0) is 12.3. The lowest BCUT2D eigenvalue weighted by atomic mass is 10.1.